The summed E-state index contributed by atoms with van der Waals surface area (Å²) in [6, 6.07) is 14.7. The molecule has 0 saturated carbocycles. The molecule has 0 bridgehead atoms. The summed E-state index contributed by atoms with van der Waals surface area (Å²) in [5, 5.41) is 4.24. The van der Waals surface area contributed by atoms with Crippen LogP contribution in [0.25, 0.3) is 0 Å². The van der Waals surface area contributed by atoms with Crippen LogP contribution in [0.2, 0.25) is 0 Å². The van der Waals surface area contributed by atoms with Gasteiger partial charge in [-0.15, -0.1) is 11.3 Å². The molecule has 6 heteroatoms. The van der Waals surface area contributed by atoms with E-state index >= 15 is 0 Å². The number of rotatable bonds is 4. The lowest BCUT2D eigenvalue weighted by molar-refractivity contribution is 0.176. The van der Waals surface area contributed by atoms with Crippen LogP contribution in [-0.4, -0.2) is 41.1 Å². The Bertz CT molecular complexity index is 636. The van der Waals surface area contributed by atoms with E-state index in [9.17, 15) is 0 Å². The van der Waals surface area contributed by atoms with Gasteiger partial charge in [0.05, 0.1) is 3.79 Å². The molecule has 1 aliphatic rings. The van der Waals surface area contributed by atoms with Gasteiger partial charge in [-0.1, -0.05) is 30.3 Å². The molecular weight excluding hydrogens is 390 g/mol. The van der Waals surface area contributed by atoms with Crippen molar-refractivity contribution in [2.75, 3.05) is 26.2 Å². The molecule has 1 aromatic heterocycles. The second-order valence-corrected chi connectivity index (χ2v) is 8.55. The second kappa shape index (κ2) is 8.24. The average Bonchev–Trinajstić information content (AvgIpc) is 2.99. The first kappa shape index (κ1) is 16.9. The molecule has 3 rings (SSSR count). The van der Waals surface area contributed by atoms with E-state index in [0.717, 1.165) is 44.4 Å². The molecule has 1 fully saturated rings. The van der Waals surface area contributed by atoms with E-state index in [1.54, 1.807) is 0 Å². The molecule has 23 heavy (non-hydrogen) atoms. The maximum Gasteiger partial charge on any atom is 0.169 e. The zero-order valence-corrected chi connectivity index (χ0v) is 16.1. The Balaban J connectivity index is 1.42. The SMILES string of the molecule is S=C(NCc1ccccc1)N1CCN(Cc2ccc(Br)s2)CC1. The van der Waals surface area contributed by atoms with E-state index in [1.165, 1.54) is 14.2 Å². The summed E-state index contributed by atoms with van der Waals surface area (Å²) in [5.41, 5.74) is 1.26. The van der Waals surface area contributed by atoms with Crippen LogP contribution in [0.5, 0.6) is 0 Å². The van der Waals surface area contributed by atoms with Crippen LogP contribution in [0.1, 0.15) is 10.4 Å². The summed E-state index contributed by atoms with van der Waals surface area (Å²) in [6.07, 6.45) is 0. The first-order chi connectivity index (χ1) is 11.2. The quantitative estimate of drug-likeness (QED) is 0.775. The van der Waals surface area contributed by atoms with E-state index in [2.05, 4.69) is 67.4 Å². The van der Waals surface area contributed by atoms with Gasteiger partial charge in [-0.2, -0.15) is 0 Å². The number of nitrogens with zero attached hydrogens (tertiary/aromatic N) is 2. The predicted molar refractivity (Wildman–Crippen MR) is 105 cm³/mol. The summed E-state index contributed by atoms with van der Waals surface area (Å²) >= 11 is 10.9. The number of hydrogen-bond acceptors (Lipinski definition) is 3. The summed E-state index contributed by atoms with van der Waals surface area (Å²) in [7, 11) is 0. The molecule has 1 N–H and O–H groups in total. The Morgan fingerprint density at radius 3 is 2.48 bits per heavy atom. The van der Waals surface area contributed by atoms with Gasteiger partial charge in [0.2, 0.25) is 0 Å². The van der Waals surface area contributed by atoms with E-state index in [-0.39, 0.29) is 0 Å². The number of nitrogens with one attached hydrogen (secondary N) is 1. The molecule has 0 unspecified atom stereocenters. The molecule has 0 radical (unpaired) electrons. The third-order valence-electron chi connectivity index (χ3n) is 3.95. The Kier molecular flexibility index (Phi) is 6.05. The topological polar surface area (TPSA) is 18.5 Å². The van der Waals surface area contributed by atoms with Crippen molar-refractivity contribution in [1.82, 2.24) is 15.1 Å². The fourth-order valence-corrected chi connectivity index (χ4v) is 4.43. The normalized spacial score (nSPS) is 15.6. The number of hydrogen-bond donors (Lipinski definition) is 1. The van der Waals surface area contributed by atoms with Crippen LogP contribution >= 0.6 is 39.5 Å². The van der Waals surface area contributed by atoms with Crippen LogP contribution in [0.3, 0.4) is 0 Å². The third kappa shape index (κ3) is 5.01. The van der Waals surface area contributed by atoms with Gasteiger partial charge >= 0.3 is 0 Å². The monoisotopic (exact) mass is 409 g/mol. The molecule has 3 nitrogen and oxygen atoms in total. The summed E-state index contributed by atoms with van der Waals surface area (Å²) < 4.78 is 1.21. The van der Waals surface area contributed by atoms with Crippen molar-refractivity contribution in [3.8, 4) is 0 Å². The summed E-state index contributed by atoms with van der Waals surface area (Å²) in [6.45, 7) is 5.93. The average molecular weight is 410 g/mol. The minimum absolute atomic E-state index is 0.795. The smallest absolute Gasteiger partial charge is 0.169 e. The number of thiophene rings is 1. The maximum absolute atomic E-state index is 5.54. The van der Waals surface area contributed by atoms with E-state index in [0.29, 0.717) is 0 Å². The van der Waals surface area contributed by atoms with E-state index in [1.807, 2.05) is 17.4 Å². The maximum atomic E-state index is 5.54. The Hall–Kier alpha value is -0.950. The highest BCUT2D eigenvalue weighted by Crippen LogP contribution is 2.23. The fourth-order valence-electron chi connectivity index (χ4n) is 2.65. The van der Waals surface area contributed by atoms with Gasteiger partial charge in [0.25, 0.3) is 0 Å². The molecule has 1 aromatic carbocycles. The Labute approximate surface area is 155 Å². The first-order valence-electron chi connectivity index (χ1n) is 7.74. The number of benzene rings is 1. The van der Waals surface area contributed by atoms with Crippen molar-refractivity contribution in [2.45, 2.75) is 13.1 Å². The summed E-state index contributed by atoms with van der Waals surface area (Å²) in [4.78, 5) is 6.18. The van der Waals surface area contributed by atoms with Gasteiger partial charge in [0, 0.05) is 44.1 Å². The number of thiocarbonyl (C=S) groups is 1. The Morgan fingerprint density at radius 1 is 1.09 bits per heavy atom. The van der Waals surface area contributed by atoms with Crippen LogP contribution in [0, 0.1) is 0 Å². The largest absolute Gasteiger partial charge is 0.358 e. The van der Waals surface area contributed by atoms with Gasteiger partial charge in [-0.25, -0.2) is 0 Å². The lowest BCUT2D eigenvalue weighted by Gasteiger charge is -2.36. The number of piperazine rings is 1. The molecule has 0 spiro atoms. The van der Waals surface area contributed by atoms with Crippen molar-refractivity contribution in [2.24, 2.45) is 0 Å². The van der Waals surface area contributed by atoms with Crippen molar-refractivity contribution < 1.29 is 0 Å². The lowest BCUT2D eigenvalue weighted by Crippen LogP contribution is -2.51. The van der Waals surface area contributed by atoms with Crippen molar-refractivity contribution >= 4 is 44.6 Å². The molecule has 0 atom stereocenters. The van der Waals surface area contributed by atoms with Gasteiger partial charge in [-0.3, -0.25) is 4.90 Å². The van der Waals surface area contributed by atoms with Crippen molar-refractivity contribution in [1.29, 1.82) is 0 Å². The Morgan fingerprint density at radius 2 is 1.83 bits per heavy atom. The minimum Gasteiger partial charge on any atom is -0.358 e. The fraction of sp³-hybridized carbons (Fsp3) is 0.353. The molecule has 0 aliphatic carbocycles. The zero-order valence-electron chi connectivity index (χ0n) is 12.9. The lowest BCUT2D eigenvalue weighted by atomic mass is 10.2. The van der Waals surface area contributed by atoms with E-state index in [4.69, 9.17) is 12.2 Å². The molecule has 0 amide bonds. The van der Waals surface area contributed by atoms with Crippen molar-refractivity contribution in [3.05, 3.63) is 56.7 Å². The van der Waals surface area contributed by atoms with Crippen LogP contribution in [0.4, 0.5) is 0 Å². The molecule has 122 valence electrons. The minimum atomic E-state index is 0.795. The van der Waals surface area contributed by atoms with Crippen molar-refractivity contribution in [3.63, 3.8) is 0 Å². The van der Waals surface area contributed by atoms with E-state index < -0.39 is 0 Å². The third-order valence-corrected chi connectivity index (χ3v) is 5.97. The van der Waals surface area contributed by atoms with Gasteiger partial charge in [-0.05, 0) is 45.8 Å². The van der Waals surface area contributed by atoms with Gasteiger partial charge < -0.3 is 10.2 Å². The zero-order chi connectivity index (χ0) is 16.1. The highest BCUT2D eigenvalue weighted by molar-refractivity contribution is 9.11. The molecule has 1 aliphatic heterocycles. The van der Waals surface area contributed by atoms with Gasteiger partial charge in [0.15, 0.2) is 5.11 Å². The molecule has 1 saturated heterocycles. The standard InChI is InChI=1S/C17H20BrN3S2/c18-16-7-6-15(23-16)13-20-8-10-21(11-9-20)17(22)19-12-14-4-2-1-3-5-14/h1-7H,8-13H2,(H,19,22). The highest BCUT2D eigenvalue weighted by atomic mass is 79.9. The van der Waals surface area contributed by atoms with Crippen LogP contribution in [0.15, 0.2) is 46.3 Å². The highest BCUT2D eigenvalue weighted by Gasteiger charge is 2.19. The molecule has 2 aromatic rings. The first-order valence-corrected chi connectivity index (χ1v) is 9.76. The van der Waals surface area contributed by atoms with Gasteiger partial charge in [0.1, 0.15) is 0 Å². The number of halogens is 1. The van der Waals surface area contributed by atoms with Crippen LogP contribution < -0.4 is 5.32 Å². The molecule has 2 heterocycles. The van der Waals surface area contributed by atoms with Crippen LogP contribution in [-0.2, 0) is 13.1 Å². The summed E-state index contributed by atoms with van der Waals surface area (Å²) in [5.74, 6) is 0. The predicted octanol–water partition coefficient (Wildman–Crippen LogP) is 3.70. The second-order valence-electron chi connectivity index (χ2n) is 5.61. The molecular formula is C17H20BrN3S2.